The number of rotatable bonds is 3. The van der Waals surface area contributed by atoms with Crippen LogP contribution < -0.4 is 9.64 Å². The number of hydrogen-bond acceptors (Lipinski definition) is 6. The molecule has 138 valence electrons. The Kier molecular flexibility index (Phi) is 4.75. The lowest BCUT2D eigenvalue weighted by atomic mass is 9.93. The van der Waals surface area contributed by atoms with Crippen LogP contribution in [0.15, 0.2) is 29.3 Å². The minimum atomic E-state index is -0.102. The van der Waals surface area contributed by atoms with Gasteiger partial charge in [-0.2, -0.15) is 0 Å². The van der Waals surface area contributed by atoms with Gasteiger partial charge >= 0.3 is 0 Å². The first-order chi connectivity index (χ1) is 12.5. The summed E-state index contributed by atoms with van der Waals surface area (Å²) in [6.07, 6.45) is 0.955. The standard InChI is InChI=1S/C20H24N2O2S2/c1-5-25-19-21-18-16(15-10-20(2,3)24-12-17(15)26-18)11-22(19)13-6-8-14(23-4)9-7-13/h6-9H,5,10-12H2,1-4H3. The molecule has 0 saturated carbocycles. The van der Waals surface area contributed by atoms with Crippen molar-refractivity contribution in [2.45, 2.75) is 45.9 Å². The smallest absolute Gasteiger partial charge is 0.170 e. The lowest BCUT2D eigenvalue weighted by Gasteiger charge is -2.33. The first-order valence-corrected chi connectivity index (χ1v) is 10.7. The Bertz CT molecular complexity index is 840. The number of nitrogens with zero attached hydrogens (tertiary/aromatic N) is 2. The van der Waals surface area contributed by atoms with E-state index in [1.54, 1.807) is 30.2 Å². The molecule has 0 radical (unpaired) electrons. The van der Waals surface area contributed by atoms with Gasteiger partial charge in [0, 0.05) is 22.5 Å². The fraction of sp³-hybridized carbons (Fsp3) is 0.450. The van der Waals surface area contributed by atoms with Crippen molar-refractivity contribution in [3.05, 3.63) is 40.3 Å². The molecule has 0 N–H and O–H groups in total. The first kappa shape index (κ1) is 17.9. The predicted molar refractivity (Wildman–Crippen MR) is 111 cm³/mol. The molecule has 0 saturated heterocycles. The van der Waals surface area contributed by atoms with Gasteiger partial charge in [-0.3, -0.25) is 0 Å². The number of anilines is 1. The van der Waals surface area contributed by atoms with Crippen LogP contribution in [0.1, 0.15) is 36.8 Å². The predicted octanol–water partition coefficient (Wildman–Crippen LogP) is 5.37. The number of amidine groups is 1. The van der Waals surface area contributed by atoms with E-state index in [1.165, 1.54) is 16.0 Å². The largest absolute Gasteiger partial charge is 0.497 e. The summed E-state index contributed by atoms with van der Waals surface area (Å²) in [4.78, 5) is 8.69. The Hall–Kier alpha value is -1.50. The summed E-state index contributed by atoms with van der Waals surface area (Å²) in [7, 11) is 1.70. The zero-order chi connectivity index (χ0) is 18.3. The maximum Gasteiger partial charge on any atom is 0.170 e. The maximum absolute atomic E-state index is 6.01. The van der Waals surface area contributed by atoms with Gasteiger partial charge in [0.25, 0.3) is 0 Å². The second-order valence-corrected chi connectivity index (χ2v) is 9.44. The third-order valence-electron chi connectivity index (χ3n) is 4.78. The maximum atomic E-state index is 6.01. The van der Waals surface area contributed by atoms with Crippen LogP contribution in [-0.4, -0.2) is 23.6 Å². The van der Waals surface area contributed by atoms with Gasteiger partial charge in [-0.1, -0.05) is 18.7 Å². The van der Waals surface area contributed by atoms with Crippen LogP contribution in [0.25, 0.3) is 0 Å². The molecule has 6 heteroatoms. The number of thiophene rings is 1. The third kappa shape index (κ3) is 3.26. The van der Waals surface area contributed by atoms with Crippen molar-refractivity contribution >= 4 is 39.0 Å². The molecule has 0 fully saturated rings. The lowest BCUT2D eigenvalue weighted by Crippen LogP contribution is -2.34. The molecular weight excluding hydrogens is 364 g/mol. The molecule has 4 rings (SSSR count). The highest BCUT2D eigenvalue weighted by Crippen LogP contribution is 2.45. The number of fused-ring (bicyclic) bond motifs is 3. The molecule has 26 heavy (non-hydrogen) atoms. The second-order valence-electron chi connectivity index (χ2n) is 7.12. The monoisotopic (exact) mass is 388 g/mol. The number of aliphatic imine (C=N–C) groups is 1. The summed E-state index contributed by atoms with van der Waals surface area (Å²) >= 11 is 3.59. The van der Waals surface area contributed by atoms with Crippen molar-refractivity contribution in [1.29, 1.82) is 0 Å². The normalized spacial score (nSPS) is 18.2. The highest BCUT2D eigenvalue weighted by Gasteiger charge is 2.34. The van der Waals surface area contributed by atoms with Crippen LogP contribution in [0.3, 0.4) is 0 Å². The van der Waals surface area contributed by atoms with E-state index < -0.39 is 0 Å². The number of methoxy groups -OCH3 is 1. The fourth-order valence-corrected chi connectivity index (χ4v) is 5.34. The van der Waals surface area contributed by atoms with Gasteiger partial charge in [0.05, 0.1) is 25.9 Å². The molecule has 0 aliphatic carbocycles. The van der Waals surface area contributed by atoms with Crippen molar-refractivity contribution in [3.8, 4) is 5.75 Å². The van der Waals surface area contributed by atoms with Crippen molar-refractivity contribution in [2.24, 2.45) is 4.99 Å². The van der Waals surface area contributed by atoms with Gasteiger partial charge < -0.3 is 14.4 Å². The number of benzene rings is 1. The number of hydrogen-bond donors (Lipinski definition) is 0. The Morgan fingerprint density at radius 3 is 2.73 bits per heavy atom. The Labute approximate surface area is 163 Å². The van der Waals surface area contributed by atoms with E-state index in [1.807, 2.05) is 12.1 Å². The van der Waals surface area contributed by atoms with Crippen molar-refractivity contribution in [1.82, 2.24) is 0 Å². The van der Waals surface area contributed by atoms with Gasteiger partial charge in [-0.25, -0.2) is 4.99 Å². The summed E-state index contributed by atoms with van der Waals surface area (Å²) in [6.45, 7) is 8.09. The Morgan fingerprint density at radius 2 is 2.04 bits per heavy atom. The third-order valence-corrected chi connectivity index (χ3v) is 6.78. The highest BCUT2D eigenvalue weighted by atomic mass is 32.2. The lowest BCUT2D eigenvalue weighted by molar-refractivity contribution is -0.0384. The van der Waals surface area contributed by atoms with E-state index in [4.69, 9.17) is 14.5 Å². The second kappa shape index (κ2) is 6.91. The minimum absolute atomic E-state index is 0.102. The van der Waals surface area contributed by atoms with Gasteiger partial charge in [-0.05, 0) is 49.4 Å². The van der Waals surface area contributed by atoms with Crippen molar-refractivity contribution in [2.75, 3.05) is 17.8 Å². The molecule has 3 heterocycles. The molecule has 0 bridgehead atoms. The van der Waals surface area contributed by atoms with Crippen molar-refractivity contribution < 1.29 is 9.47 Å². The van der Waals surface area contributed by atoms with E-state index in [2.05, 4.69) is 37.8 Å². The number of ether oxygens (including phenoxy) is 2. The van der Waals surface area contributed by atoms with E-state index in [-0.39, 0.29) is 5.60 Å². The Morgan fingerprint density at radius 1 is 1.27 bits per heavy atom. The van der Waals surface area contributed by atoms with E-state index in [0.29, 0.717) is 6.61 Å². The minimum Gasteiger partial charge on any atom is -0.497 e. The summed E-state index contributed by atoms with van der Waals surface area (Å²) in [6, 6.07) is 8.25. The van der Waals surface area contributed by atoms with Gasteiger partial charge in [0.2, 0.25) is 0 Å². The summed E-state index contributed by atoms with van der Waals surface area (Å²) < 4.78 is 11.3. The molecule has 1 aromatic carbocycles. The average molecular weight is 389 g/mol. The van der Waals surface area contributed by atoms with Crippen LogP contribution in [0.2, 0.25) is 0 Å². The van der Waals surface area contributed by atoms with Gasteiger partial charge in [0.15, 0.2) is 5.17 Å². The van der Waals surface area contributed by atoms with Crippen LogP contribution in [0.5, 0.6) is 5.75 Å². The highest BCUT2D eigenvalue weighted by molar-refractivity contribution is 8.14. The van der Waals surface area contributed by atoms with Crippen molar-refractivity contribution in [3.63, 3.8) is 0 Å². The molecule has 0 atom stereocenters. The van der Waals surface area contributed by atoms with E-state index in [9.17, 15) is 0 Å². The fourth-order valence-electron chi connectivity index (χ4n) is 3.43. The van der Waals surface area contributed by atoms with Gasteiger partial charge in [-0.15, -0.1) is 11.3 Å². The van der Waals surface area contributed by atoms with Crippen LogP contribution in [0, 0.1) is 0 Å². The molecule has 2 aromatic rings. The molecule has 0 unspecified atom stereocenters. The number of thioether (sulfide) groups is 1. The van der Waals surface area contributed by atoms with Gasteiger partial charge in [0.1, 0.15) is 10.8 Å². The molecule has 2 aliphatic heterocycles. The summed E-state index contributed by atoms with van der Waals surface area (Å²) in [5, 5.41) is 2.24. The molecule has 1 aromatic heterocycles. The molecule has 2 aliphatic rings. The Balaban J connectivity index is 1.73. The molecule has 0 spiro atoms. The molecular formula is C20H24N2O2S2. The summed E-state index contributed by atoms with van der Waals surface area (Å²) in [5.74, 6) is 1.88. The zero-order valence-electron chi connectivity index (χ0n) is 15.7. The van der Waals surface area contributed by atoms with Crippen LogP contribution in [-0.2, 0) is 24.3 Å². The SMILES string of the molecule is CCSC1=Nc2sc3c(c2CN1c1ccc(OC)cc1)CC(C)(C)OC3. The van der Waals surface area contributed by atoms with Crippen LogP contribution in [0.4, 0.5) is 10.7 Å². The van der Waals surface area contributed by atoms with Crippen LogP contribution >= 0.6 is 23.1 Å². The van der Waals surface area contributed by atoms with E-state index in [0.717, 1.165) is 40.3 Å². The van der Waals surface area contributed by atoms with E-state index >= 15 is 0 Å². The quantitative estimate of drug-likeness (QED) is 0.708. The summed E-state index contributed by atoms with van der Waals surface area (Å²) in [5.41, 5.74) is 3.87. The molecule has 0 amide bonds. The first-order valence-electron chi connectivity index (χ1n) is 8.91. The average Bonchev–Trinajstić information content (AvgIpc) is 2.97. The molecule has 4 nitrogen and oxygen atoms in total. The zero-order valence-corrected chi connectivity index (χ0v) is 17.3. The topological polar surface area (TPSA) is 34.1 Å².